The van der Waals surface area contributed by atoms with Gasteiger partial charge >= 0.3 is 0 Å². The summed E-state index contributed by atoms with van der Waals surface area (Å²) in [4.78, 5) is 2.39. The Labute approximate surface area is 124 Å². The van der Waals surface area contributed by atoms with E-state index >= 15 is 0 Å². The van der Waals surface area contributed by atoms with Gasteiger partial charge in [-0.3, -0.25) is 0 Å². The van der Waals surface area contributed by atoms with Gasteiger partial charge in [-0.1, -0.05) is 32.6 Å². The molecule has 2 rings (SSSR count). The lowest BCUT2D eigenvalue weighted by Crippen LogP contribution is -2.49. The van der Waals surface area contributed by atoms with Crippen LogP contribution in [0.1, 0.15) is 45.4 Å². The monoisotopic (exact) mass is 302 g/mol. The van der Waals surface area contributed by atoms with Gasteiger partial charge in [0.2, 0.25) is 0 Å². The highest BCUT2D eigenvalue weighted by Crippen LogP contribution is 2.35. The fourth-order valence-electron chi connectivity index (χ4n) is 3.64. The van der Waals surface area contributed by atoms with E-state index in [-0.39, 0.29) is 0 Å². The molecule has 0 amide bonds. The average Bonchev–Trinajstić information content (AvgIpc) is 2.65. The fraction of sp³-hybridized carbons (Fsp3) is 1.00. The van der Waals surface area contributed by atoms with Crippen molar-refractivity contribution in [3.05, 3.63) is 0 Å². The van der Waals surface area contributed by atoms with Crippen molar-refractivity contribution in [2.75, 3.05) is 44.2 Å². The van der Waals surface area contributed by atoms with Gasteiger partial charge in [-0.05, 0) is 24.8 Å². The maximum absolute atomic E-state index is 11.6. The highest BCUT2D eigenvalue weighted by atomic mass is 32.2. The molecule has 0 aromatic heterocycles. The zero-order valence-corrected chi connectivity index (χ0v) is 13.7. The molecule has 4 nitrogen and oxygen atoms in total. The lowest BCUT2D eigenvalue weighted by Gasteiger charge is -2.39. The van der Waals surface area contributed by atoms with E-state index in [4.69, 9.17) is 0 Å². The minimum absolute atomic E-state index is 0.351. The topological polar surface area (TPSA) is 49.4 Å². The van der Waals surface area contributed by atoms with E-state index in [1.165, 1.54) is 38.5 Å². The van der Waals surface area contributed by atoms with E-state index in [1.807, 2.05) is 0 Å². The summed E-state index contributed by atoms with van der Waals surface area (Å²) < 4.78 is 23.1. The van der Waals surface area contributed by atoms with Crippen molar-refractivity contribution < 1.29 is 8.42 Å². The smallest absolute Gasteiger partial charge is 0.152 e. The molecule has 2 aliphatic rings. The van der Waals surface area contributed by atoms with Gasteiger partial charge in [0.1, 0.15) is 0 Å². The fourth-order valence-corrected chi connectivity index (χ4v) is 4.92. The van der Waals surface area contributed by atoms with Gasteiger partial charge in [0.05, 0.1) is 11.5 Å². The Morgan fingerprint density at radius 3 is 2.20 bits per heavy atom. The standard InChI is InChI=1S/C15H30N2O2S/c1-2-16-13-15(7-5-3-4-6-8-15)14-17-9-11-20(18,19)12-10-17/h16H,2-14H2,1H3. The second kappa shape index (κ2) is 7.23. The maximum atomic E-state index is 11.6. The lowest BCUT2D eigenvalue weighted by atomic mass is 9.79. The van der Waals surface area contributed by atoms with Gasteiger partial charge in [-0.2, -0.15) is 0 Å². The summed E-state index contributed by atoms with van der Waals surface area (Å²) in [6, 6.07) is 0. The molecule has 20 heavy (non-hydrogen) atoms. The molecule has 1 aliphatic carbocycles. The van der Waals surface area contributed by atoms with E-state index in [0.717, 1.165) is 32.7 Å². The van der Waals surface area contributed by atoms with Gasteiger partial charge < -0.3 is 10.2 Å². The number of nitrogens with zero attached hydrogens (tertiary/aromatic N) is 1. The Hall–Kier alpha value is -0.130. The molecule has 0 aromatic rings. The van der Waals surface area contributed by atoms with Crippen molar-refractivity contribution in [1.82, 2.24) is 10.2 Å². The summed E-state index contributed by atoms with van der Waals surface area (Å²) in [5.41, 5.74) is 0.369. The third-order valence-electron chi connectivity index (χ3n) is 4.91. The predicted molar refractivity (Wildman–Crippen MR) is 83.8 cm³/mol. The Morgan fingerprint density at radius 1 is 1.05 bits per heavy atom. The van der Waals surface area contributed by atoms with E-state index in [2.05, 4.69) is 17.1 Å². The zero-order valence-electron chi connectivity index (χ0n) is 12.9. The lowest BCUT2D eigenvalue weighted by molar-refractivity contribution is 0.134. The Bertz CT molecular complexity index is 373. The molecule has 0 radical (unpaired) electrons. The van der Waals surface area contributed by atoms with Crippen LogP contribution in [0.5, 0.6) is 0 Å². The molecular formula is C15H30N2O2S. The zero-order chi connectivity index (χ0) is 14.5. The van der Waals surface area contributed by atoms with Crippen LogP contribution in [0.2, 0.25) is 0 Å². The van der Waals surface area contributed by atoms with Crippen molar-refractivity contribution in [3.8, 4) is 0 Å². The maximum Gasteiger partial charge on any atom is 0.152 e. The molecule has 5 heteroatoms. The predicted octanol–water partition coefficient (Wildman–Crippen LogP) is 1.67. The minimum Gasteiger partial charge on any atom is -0.316 e. The van der Waals surface area contributed by atoms with Crippen LogP contribution in [0.3, 0.4) is 0 Å². The van der Waals surface area contributed by atoms with Gasteiger partial charge in [0.25, 0.3) is 0 Å². The molecule has 0 spiro atoms. The van der Waals surface area contributed by atoms with E-state index in [9.17, 15) is 8.42 Å². The molecule has 118 valence electrons. The first-order valence-corrected chi connectivity index (χ1v) is 10.0. The first-order valence-electron chi connectivity index (χ1n) is 8.19. The molecule has 1 aliphatic heterocycles. The first kappa shape index (κ1) is 16.2. The number of hydrogen-bond donors (Lipinski definition) is 1. The molecule has 0 aromatic carbocycles. The third kappa shape index (κ3) is 4.71. The third-order valence-corrected chi connectivity index (χ3v) is 6.52. The normalized spacial score (nSPS) is 27.1. The summed E-state index contributed by atoms with van der Waals surface area (Å²) in [6.07, 6.45) is 7.98. The molecule has 1 saturated heterocycles. The quantitative estimate of drug-likeness (QED) is 0.785. The van der Waals surface area contributed by atoms with Crippen molar-refractivity contribution >= 4 is 9.84 Å². The molecule has 0 atom stereocenters. The molecule has 1 N–H and O–H groups in total. The van der Waals surface area contributed by atoms with E-state index < -0.39 is 9.84 Å². The van der Waals surface area contributed by atoms with Crippen LogP contribution in [0.15, 0.2) is 0 Å². The van der Waals surface area contributed by atoms with Gasteiger partial charge in [-0.15, -0.1) is 0 Å². The SMILES string of the molecule is CCNCC1(CN2CCS(=O)(=O)CC2)CCCCCC1. The van der Waals surface area contributed by atoms with E-state index in [1.54, 1.807) is 0 Å². The second-order valence-corrected chi connectivity index (χ2v) is 8.93. The van der Waals surface area contributed by atoms with Crippen LogP contribution >= 0.6 is 0 Å². The number of nitrogens with one attached hydrogen (secondary N) is 1. The summed E-state index contributed by atoms with van der Waals surface area (Å²) in [5.74, 6) is 0.703. The summed E-state index contributed by atoms with van der Waals surface area (Å²) in [7, 11) is -2.76. The molecular weight excluding hydrogens is 272 g/mol. The highest BCUT2D eigenvalue weighted by Gasteiger charge is 2.34. The first-order chi connectivity index (χ1) is 9.55. The summed E-state index contributed by atoms with van der Waals surface area (Å²) in [5, 5.41) is 3.55. The summed E-state index contributed by atoms with van der Waals surface area (Å²) >= 11 is 0. The van der Waals surface area contributed by atoms with Crippen molar-refractivity contribution in [2.24, 2.45) is 5.41 Å². The Morgan fingerprint density at radius 2 is 1.65 bits per heavy atom. The minimum atomic E-state index is -2.76. The van der Waals surface area contributed by atoms with E-state index in [0.29, 0.717) is 16.9 Å². The van der Waals surface area contributed by atoms with Crippen molar-refractivity contribution in [2.45, 2.75) is 45.4 Å². The average molecular weight is 302 g/mol. The van der Waals surface area contributed by atoms with Gasteiger partial charge in [-0.25, -0.2) is 8.42 Å². The van der Waals surface area contributed by atoms with Crippen LogP contribution < -0.4 is 5.32 Å². The van der Waals surface area contributed by atoms with Crippen molar-refractivity contribution in [3.63, 3.8) is 0 Å². The molecule has 2 fully saturated rings. The second-order valence-electron chi connectivity index (χ2n) is 6.62. The van der Waals surface area contributed by atoms with Crippen LogP contribution in [-0.2, 0) is 9.84 Å². The van der Waals surface area contributed by atoms with Crippen LogP contribution in [0.25, 0.3) is 0 Å². The highest BCUT2D eigenvalue weighted by molar-refractivity contribution is 7.91. The van der Waals surface area contributed by atoms with Gasteiger partial charge in [0.15, 0.2) is 9.84 Å². The largest absolute Gasteiger partial charge is 0.316 e. The molecule has 0 unspecified atom stereocenters. The Balaban J connectivity index is 1.96. The molecule has 1 saturated carbocycles. The molecule has 0 bridgehead atoms. The summed E-state index contributed by atoms with van der Waals surface area (Å²) in [6.45, 7) is 6.82. The Kier molecular flexibility index (Phi) is 5.87. The van der Waals surface area contributed by atoms with Crippen LogP contribution in [0, 0.1) is 5.41 Å². The number of rotatable bonds is 5. The van der Waals surface area contributed by atoms with Gasteiger partial charge in [0, 0.05) is 26.2 Å². The number of sulfone groups is 1. The van der Waals surface area contributed by atoms with Crippen LogP contribution in [-0.4, -0.2) is 57.5 Å². The van der Waals surface area contributed by atoms with Crippen molar-refractivity contribution in [1.29, 1.82) is 0 Å². The van der Waals surface area contributed by atoms with Crippen LogP contribution in [0.4, 0.5) is 0 Å². The number of hydrogen-bond acceptors (Lipinski definition) is 4. The molecule has 1 heterocycles.